The van der Waals surface area contributed by atoms with Gasteiger partial charge in [-0.2, -0.15) is 5.10 Å². The fourth-order valence-electron chi connectivity index (χ4n) is 2.68. The highest BCUT2D eigenvalue weighted by atomic mass is 35.5. The Morgan fingerprint density at radius 2 is 2.33 bits per heavy atom. The second-order valence-electron chi connectivity index (χ2n) is 5.54. The maximum atomic E-state index is 12.3. The molecule has 7 heteroatoms. The maximum absolute atomic E-state index is 12.3. The molecule has 1 saturated carbocycles. The molecular formula is C14H23ClN4O2. The quantitative estimate of drug-likeness (QED) is 0.884. The third kappa shape index (κ3) is 3.56. The van der Waals surface area contributed by atoms with Gasteiger partial charge in [-0.15, -0.1) is 12.4 Å². The lowest BCUT2D eigenvalue weighted by atomic mass is 10.1. The van der Waals surface area contributed by atoms with Gasteiger partial charge < -0.3 is 15.4 Å². The first-order valence-electron chi connectivity index (χ1n) is 7.42. The summed E-state index contributed by atoms with van der Waals surface area (Å²) < 4.78 is 7.49. The van der Waals surface area contributed by atoms with Gasteiger partial charge in [-0.1, -0.05) is 0 Å². The van der Waals surface area contributed by atoms with Crippen LogP contribution in [0.25, 0.3) is 0 Å². The molecule has 2 atom stereocenters. The van der Waals surface area contributed by atoms with Crippen LogP contribution in [0.5, 0.6) is 0 Å². The van der Waals surface area contributed by atoms with Crippen LogP contribution in [0.2, 0.25) is 0 Å². The third-order valence-electron chi connectivity index (χ3n) is 3.96. The van der Waals surface area contributed by atoms with Gasteiger partial charge in [0.2, 0.25) is 5.91 Å². The summed E-state index contributed by atoms with van der Waals surface area (Å²) in [5.74, 6) is 1.21. The Kier molecular flexibility index (Phi) is 5.24. The number of aryl methyl sites for hydroxylation is 1. The number of carbonyl (C=O) groups excluding carboxylic acids is 1. The van der Waals surface area contributed by atoms with Crippen molar-refractivity contribution in [2.75, 3.05) is 18.5 Å². The molecule has 0 bridgehead atoms. The van der Waals surface area contributed by atoms with Crippen molar-refractivity contribution in [2.24, 2.45) is 0 Å². The molecule has 0 spiro atoms. The summed E-state index contributed by atoms with van der Waals surface area (Å²) in [7, 11) is 0. The number of nitrogens with zero attached hydrogens (tertiary/aromatic N) is 2. The molecular weight excluding hydrogens is 292 g/mol. The zero-order valence-corrected chi connectivity index (χ0v) is 13.3. The number of aromatic nitrogens is 2. The normalized spacial score (nSPS) is 25.2. The molecule has 2 heterocycles. The summed E-state index contributed by atoms with van der Waals surface area (Å²) in [4.78, 5) is 12.3. The predicted molar refractivity (Wildman–Crippen MR) is 83.0 cm³/mol. The molecule has 2 fully saturated rings. The number of ether oxygens (including phenoxy) is 1. The van der Waals surface area contributed by atoms with Crippen LogP contribution in [0.4, 0.5) is 5.82 Å². The van der Waals surface area contributed by atoms with E-state index < -0.39 is 0 Å². The Labute approximate surface area is 131 Å². The van der Waals surface area contributed by atoms with Crippen molar-refractivity contribution < 1.29 is 9.53 Å². The van der Waals surface area contributed by atoms with Crippen molar-refractivity contribution in [1.29, 1.82) is 0 Å². The molecule has 21 heavy (non-hydrogen) atoms. The smallest absolute Gasteiger partial charge is 0.245 e. The number of carbonyl (C=O) groups is 1. The molecule has 1 amide bonds. The Hall–Kier alpha value is -1.11. The van der Waals surface area contributed by atoms with E-state index in [0.717, 1.165) is 6.54 Å². The number of hydrogen-bond acceptors (Lipinski definition) is 4. The Bertz CT molecular complexity index is 501. The van der Waals surface area contributed by atoms with E-state index in [1.54, 1.807) is 0 Å². The Morgan fingerprint density at radius 3 is 2.95 bits per heavy atom. The number of morpholine rings is 1. The first-order valence-corrected chi connectivity index (χ1v) is 7.42. The van der Waals surface area contributed by atoms with Gasteiger partial charge in [-0.25, -0.2) is 0 Å². The summed E-state index contributed by atoms with van der Waals surface area (Å²) in [6.07, 6.45) is 2.35. The number of anilines is 1. The molecule has 0 aromatic carbocycles. The van der Waals surface area contributed by atoms with Crippen molar-refractivity contribution in [2.45, 2.75) is 51.3 Å². The summed E-state index contributed by atoms with van der Waals surface area (Å²) in [6.45, 7) is 6.18. The van der Waals surface area contributed by atoms with Crippen LogP contribution in [0, 0.1) is 0 Å². The second kappa shape index (κ2) is 6.77. The van der Waals surface area contributed by atoms with Crippen molar-refractivity contribution in [3.63, 3.8) is 0 Å². The molecule has 2 N–H and O–H groups in total. The van der Waals surface area contributed by atoms with Crippen LogP contribution in [0.1, 0.15) is 38.3 Å². The van der Waals surface area contributed by atoms with Gasteiger partial charge in [-0.05, 0) is 26.7 Å². The van der Waals surface area contributed by atoms with Crippen LogP contribution in [-0.4, -0.2) is 41.0 Å². The van der Waals surface area contributed by atoms with Gasteiger partial charge in [0.15, 0.2) is 5.82 Å². The van der Waals surface area contributed by atoms with Gasteiger partial charge in [0.25, 0.3) is 0 Å². The van der Waals surface area contributed by atoms with E-state index in [9.17, 15) is 4.79 Å². The maximum Gasteiger partial charge on any atom is 0.245 e. The molecule has 1 aliphatic heterocycles. The minimum absolute atomic E-state index is 0. The molecule has 0 radical (unpaired) electrons. The summed E-state index contributed by atoms with van der Waals surface area (Å²) in [5.41, 5.74) is 1.24. The third-order valence-corrected chi connectivity index (χ3v) is 3.96. The number of rotatable bonds is 4. The zero-order chi connectivity index (χ0) is 14.1. The minimum Gasteiger partial charge on any atom is -0.375 e. The highest BCUT2D eigenvalue weighted by Gasteiger charge is 2.31. The van der Waals surface area contributed by atoms with E-state index in [1.807, 2.05) is 17.7 Å². The summed E-state index contributed by atoms with van der Waals surface area (Å²) >= 11 is 0. The Morgan fingerprint density at radius 1 is 1.57 bits per heavy atom. The van der Waals surface area contributed by atoms with Crippen LogP contribution < -0.4 is 10.6 Å². The predicted octanol–water partition coefficient (Wildman–Crippen LogP) is 1.52. The van der Waals surface area contributed by atoms with Crippen LogP contribution in [0.15, 0.2) is 6.07 Å². The van der Waals surface area contributed by atoms with E-state index in [4.69, 9.17) is 4.74 Å². The average molecular weight is 315 g/mol. The fourth-order valence-corrected chi connectivity index (χ4v) is 2.68. The molecule has 118 valence electrons. The summed E-state index contributed by atoms with van der Waals surface area (Å²) in [5, 5.41) is 10.6. The van der Waals surface area contributed by atoms with Crippen molar-refractivity contribution in [3.8, 4) is 0 Å². The van der Waals surface area contributed by atoms with E-state index in [1.165, 1.54) is 18.5 Å². The lowest BCUT2D eigenvalue weighted by Gasteiger charge is -2.28. The topological polar surface area (TPSA) is 68.2 Å². The SMILES string of the molecule is CCn1nc(NC(=O)[C@H]2NCCO[C@@H]2C)cc1C1CC1.Cl. The lowest BCUT2D eigenvalue weighted by molar-refractivity contribution is -0.123. The lowest BCUT2D eigenvalue weighted by Crippen LogP contribution is -2.53. The monoisotopic (exact) mass is 314 g/mol. The van der Waals surface area contributed by atoms with Gasteiger partial charge in [-0.3, -0.25) is 9.48 Å². The fraction of sp³-hybridized carbons (Fsp3) is 0.714. The second-order valence-corrected chi connectivity index (χ2v) is 5.54. The highest BCUT2D eigenvalue weighted by molar-refractivity contribution is 5.94. The van der Waals surface area contributed by atoms with Gasteiger partial charge in [0.05, 0.1) is 12.7 Å². The van der Waals surface area contributed by atoms with Crippen molar-refractivity contribution in [1.82, 2.24) is 15.1 Å². The minimum atomic E-state index is -0.306. The molecule has 0 unspecified atom stereocenters. The van der Waals surface area contributed by atoms with E-state index in [2.05, 4.69) is 22.7 Å². The van der Waals surface area contributed by atoms with Crippen LogP contribution >= 0.6 is 12.4 Å². The van der Waals surface area contributed by atoms with Gasteiger partial charge >= 0.3 is 0 Å². The van der Waals surface area contributed by atoms with Crippen LogP contribution in [-0.2, 0) is 16.1 Å². The van der Waals surface area contributed by atoms with E-state index >= 15 is 0 Å². The summed E-state index contributed by atoms with van der Waals surface area (Å²) in [6, 6.07) is 1.70. The van der Waals surface area contributed by atoms with Gasteiger partial charge in [0.1, 0.15) is 6.04 Å². The molecule has 1 aliphatic carbocycles. The standard InChI is InChI=1S/C14H22N4O2.ClH/c1-3-18-11(10-4-5-10)8-12(17-18)16-14(19)13-9(2)20-7-6-15-13;/h8-10,13,15H,3-7H2,1-2H3,(H,16,17,19);1H/t9-,13+;/m1./s1. The highest BCUT2D eigenvalue weighted by Crippen LogP contribution is 2.40. The molecule has 6 nitrogen and oxygen atoms in total. The number of amides is 1. The Balaban J connectivity index is 0.00000161. The largest absolute Gasteiger partial charge is 0.375 e. The molecule has 1 saturated heterocycles. The first kappa shape index (κ1) is 16.3. The average Bonchev–Trinajstić information content (AvgIpc) is 3.21. The van der Waals surface area contributed by atoms with Crippen molar-refractivity contribution >= 4 is 24.1 Å². The molecule has 2 aliphatic rings. The zero-order valence-electron chi connectivity index (χ0n) is 12.5. The number of hydrogen-bond donors (Lipinski definition) is 2. The molecule has 1 aromatic heterocycles. The van der Waals surface area contributed by atoms with E-state index in [0.29, 0.717) is 24.9 Å². The van der Waals surface area contributed by atoms with Crippen molar-refractivity contribution in [3.05, 3.63) is 11.8 Å². The number of halogens is 1. The number of nitrogens with one attached hydrogen (secondary N) is 2. The van der Waals surface area contributed by atoms with Crippen LogP contribution in [0.3, 0.4) is 0 Å². The molecule has 1 aromatic rings. The van der Waals surface area contributed by atoms with E-state index in [-0.39, 0.29) is 30.5 Å². The van der Waals surface area contributed by atoms with Gasteiger partial charge in [0, 0.05) is 30.8 Å². The molecule has 3 rings (SSSR count). The first-order chi connectivity index (χ1) is 9.69.